The number of aromatic nitrogens is 1. The molecule has 0 spiro atoms. The highest BCUT2D eigenvalue weighted by atomic mass is 16.4. The second-order valence-electron chi connectivity index (χ2n) is 18.7. The second kappa shape index (κ2) is 26.6. The number of quaternary nitrogens is 1. The summed E-state index contributed by atoms with van der Waals surface area (Å²) in [6.07, 6.45) is 0.458. The van der Waals surface area contributed by atoms with Crippen molar-refractivity contribution in [2.75, 3.05) is 13.2 Å². The second-order valence-corrected chi connectivity index (χ2v) is 18.7. The Balaban J connectivity index is 1.55. The highest BCUT2D eigenvalue weighted by Gasteiger charge is 2.41. The molecule has 72 heavy (non-hydrogen) atoms. The minimum atomic E-state index is -1.74. The average molecular weight is 1010 g/mol. The lowest BCUT2D eigenvalue weighted by atomic mass is 9.98. The quantitative estimate of drug-likeness (QED) is 0.0382. The number of likely N-dealkylation sites (tertiary alicyclic amines) is 1. The van der Waals surface area contributed by atoms with E-state index in [9.17, 15) is 68.4 Å². The number of hydrogen-bond acceptors (Lipinski definition) is 12. The highest BCUT2D eigenvalue weighted by molar-refractivity contribution is 5.99. The van der Waals surface area contributed by atoms with E-state index in [4.69, 9.17) is 5.73 Å². The van der Waals surface area contributed by atoms with Crippen LogP contribution in [0.25, 0.3) is 10.9 Å². The first-order valence-corrected chi connectivity index (χ1v) is 23.6. The molecular formula is C48H67N10O14+. The number of nitrogens with zero attached hydrogens (tertiary/aromatic N) is 1. The standard InChI is InChI=1S/C48H66N10O14/c1-24(2)16-32(53-43(66)33(19-27-22-51-31-9-6-5-8-29(27)31)54-44(67)34(21-40(62)63)52-41(64)30(49)20-39(50)61)42(65)55-35(17-25(3)4)47(70)58-15-7-10-38(58)46(69)57-37(23-59)45(68)56-36(48(71)72)18-26-11-13-28(60)14-12-26/h5-6,8-9,11-14,22,24-25,30,32-38,51,59-60H,7,10,15-21,23,49H2,1-4H3,(H2,50,61)(H,52,64)(H,53,66)(H,54,67)(H,55,65)(H,56,68)(H,57,69)(H,62,63)(H,71,72)/p+1/t30-,32-,33-,34-,35-,36-,37-,38-/m0/s1. The number of aliphatic hydroxyl groups excluding tert-OH is 1. The van der Waals surface area contributed by atoms with Crippen LogP contribution in [0.1, 0.15) is 77.3 Å². The molecule has 0 saturated carbocycles. The number of aliphatic hydroxyl groups is 1. The van der Waals surface area contributed by atoms with Crippen LogP contribution in [0.4, 0.5) is 0 Å². The summed E-state index contributed by atoms with van der Waals surface area (Å²) >= 11 is 0. The van der Waals surface area contributed by atoms with Crippen LogP contribution in [0.5, 0.6) is 5.75 Å². The summed E-state index contributed by atoms with van der Waals surface area (Å²) in [5.74, 6) is -10.3. The zero-order chi connectivity index (χ0) is 53.4. The molecule has 1 aromatic heterocycles. The molecule has 3 aromatic rings. The molecule has 24 heteroatoms. The number of aliphatic carboxylic acids is 2. The van der Waals surface area contributed by atoms with E-state index >= 15 is 0 Å². The van der Waals surface area contributed by atoms with Gasteiger partial charge in [0.25, 0.3) is 5.91 Å². The number of benzene rings is 2. The van der Waals surface area contributed by atoms with Crippen molar-refractivity contribution in [3.05, 3.63) is 65.9 Å². The number of phenols is 1. The van der Waals surface area contributed by atoms with Gasteiger partial charge < -0.3 is 73.7 Å². The molecule has 1 fully saturated rings. The van der Waals surface area contributed by atoms with Gasteiger partial charge in [0.05, 0.1) is 19.4 Å². The lowest BCUT2D eigenvalue weighted by molar-refractivity contribution is -0.402. The van der Waals surface area contributed by atoms with Crippen LogP contribution in [-0.4, -0.2) is 151 Å². The van der Waals surface area contributed by atoms with Crippen LogP contribution < -0.4 is 43.4 Å². The Bertz CT molecular complexity index is 2440. The van der Waals surface area contributed by atoms with Gasteiger partial charge in [0, 0.05) is 36.5 Å². The lowest BCUT2D eigenvalue weighted by Gasteiger charge is -2.31. The molecule has 1 aliphatic heterocycles. The number of carboxylic acid groups (broad SMARTS) is 2. The van der Waals surface area contributed by atoms with Gasteiger partial charge in [-0.05, 0) is 66.8 Å². The van der Waals surface area contributed by atoms with Crippen molar-refractivity contribution >= 4 is 70.1 Å². The number of nitrogens with one attached hydrogen (secondary N) is 7. The summed E-state index contributed by atoms with van der Waals surface area (Å²) < 4.78 is 0. The van der Waals surface area contributed by atoms with Crippen LogP contribution in [0.2, 0.25) is 0 Å². The van der Waals surface area contributed by atoms with Crippen molar-refractivity contribution in [2.45, 2.75) is 127 Å². The Hall–Kier alpha value is -7.60. The first kappa shape index (κ1) is 57.0. The van der Waals surface area contributed by atoms with Crippen LogP contribution >= 0.6 is 0 Å². The molecule has 1 aliphatic rings. The average Bonchev–Trinajstić information content (AvgIpc) is 3.97. The third-order valence-corrected chi connectivity index (χ3v) is 11.9. The predicted molar refractivity (Wildman–Crippen MR) is 257 cm³/mol. The maximum absolute atomic E-state index is 14.4. The molecule has 0 unspecified atom stereocenters. The van der Waals surface area contributed by atoms with Crippen molar-refractivity contribution in [1.29, 1.82) is 0 Å². The third-order valence-electron chi connectivity index (χ3n) is 11.9. The maximum Gasteiger partial charge on any atom is 0.326 e. The molecule has 8 amide bonds. The van der Waals surface area contributed by atoms with E-state index in [1.165, 1.54) is 29.2 Å². The number of H-pyrrole nitrogens is 1. The molecular weight excluding hydrogens is 941 g/mol. The van der Waals surface area contributed by atoms with Crippen molar-refractivity contribution in [2.24, 2.45) is 17.6 Å². The van der Waals surface area contributed by atoms with Crippen molar-refractivity contribution in [3.8, 4) is 5.75 Å². The number of nitrogens with two attached hydrogens (primary N) is 1. The van der Waals surface area contributed by atoms with Crippen molar-refractivity contribution in [3.63, 3.8) is 0 Å². The Morgan fingerprint density at radius 3 is 1.86 bits per heavy atom. The van der Waals surface area contributed by atoms with Gasteiger partial charge in [0.2, 0.25) is 41.4 Å². The molecule has 2 aromatic carbocycles. The number of carbonyl (C=O) groups excluding carboxylic acids is 8. The molecule has 0 radical (unpaired) electrons. The third kappa shape index (κ3) is 16.8. The molecule has 0 aliphatic carbocycles. The van der Waals surface area contributed by atoms with E-state index in [-0.39, 0.29) is 56.2 Å². The molecule has 24 nitrogen and oxygen atoms in total. The van der Waals surface area contributed by atoms with E-state index in [0.717, 1.165) is 0 Å². The fraction of sp³-hybridized carbons (Fsp3) is 0.500. The molecule has 2 heterocycles. The smallest absolute Gasteiger partial charge is 0.326 e. The fourth-order valence-corrected chi connectivity index (χ4v) is 8.26. The first-order valence-electron chi connectivity index (χ1n) is 23.6. The van der Waals surface area contributed by atoms with Gasteiger partial charge in [-0.2, -0.15) is 0 Å². The topological polar surface area (TPSA) is 396 Å². The summed E-state index contributed by atoms with van der Waals surface area (Å²) in [6.45, 7) is 6.34. The minimum absolute atomic E-state index is 0.0351. The predicted octanol–water partition coefficient (Wildman–Crippen LogP) is -2.31. The summed E-state index contributed by atoms with van der Waals surface area (Å²) in [6, 6.07) is 1.47. The number of carbonyl (C=O) groups is 10. The maximum atomic E-state index is 14.4. The Kier molecular flexibility index (Phi) is 21.0. The number of aromatic hydroxyl groups is 1. The number of hydrogen-bond donors (Lipinski definition) is 13. The van der Waals surface area contributed by atoms with E-state index in [1.54, 1.807) is 58.2 Å². The Labute approximate surface area is 414 Å². The molecule has 1 saturated heterocycles. The molecule has 16 N–H and O–H groups in total. The number of aromatic amines is 1. The Morgan fingerprint density at radius 2 is 1.25 bits per heavy atom. The molecule has 0 bridgehead atoms. The number of para-hydroxylation sites is 1. The van der Waals surface area contributed by atoms with Gasteiger partial charge in [0.15, 0.2) is 6.04 Å². The van der Waals surface area contributed by atoms with Crippen LogP contribution in [0.3, 0.4) is 0 Å². The zero-order valence-corrected chi connectivity index (χ0v) is 40.6. The van der Waals surface area contributed by atoms with Gasteiger partial charge in [-0.15, -0.1) is 0 Å². The van der Waals surface area contributed by atoms with Gasteiger partial charge >= 0.3 is 11.9 Å². The summed E-state index contributed by atoms with van der Waals surface area (Å²) in [7, 11) is 0. The van der Waals surface area contributed by atoms with E-state index in [0.29, 0.717) is 28.5 Å². The normalized spacial score (nSPS) is 16.3. The van der Waals surface area contributed by atoms with E-state index in [1.807, 2.05) is 0 Å². The van der Waals surface area contributed by atoms with Gasteiger partial charge in [-0.25, -0.2) is 4.79 Å². The minimum Gasteiger partial charge on any atom is -0.508 e. The monoisotopic (exact) mass is 1010 g/mol. The van der Waals surface area contributed by atoms with Gasteiger partial charge in [-0.1, -0.05) is 58.0 Å². The lowest BCUT2D eigenvalue weighted by Crippen LogP contribution is -2.70. The summed E-state index contributed by atoms with van der Waals surface area (Å²) in [4.78, 5) is 137. The van der Waals surface area contributed by atoms with Crippen LogP contribution in [0, 0.1) is 11.8 Å². The van der Waals surface area contributed by atoms with Crippen LogP contribution in [-0.2, 0) is 60.8 Å². The zero-order valence-electron chi connectivity index (χ0n) is 40.6. The molecule has 8 atom stereocenters. The number of amides is 8. The van der Waals surface area contributed by atoms with E-state index in [2.05, 4.69) is 42.6 Å². The SMILES string of the molecule is CC(C)C[C@H](NC(=O)[C@H](Cc1c[nH]c2ccccc12)NC(=O)[C@H](CC(=O)O)NC(=O)[C@@H]([NH3+])CC(N)=O)C(=O)N[C@@H](CC(C)C)C(=O)N1CCC[C@H]1C(=O)N[C@@H](CO)C(=O)N[C@@H](Cc1ccc(O)cc1)C(=O)O. The fourth-order valence-electron chi connectivity index (χ4n) is 8.26. The summed E-state index contributed by atoms with van der Waals surface area (Å²) in [5.41, 5.74) is 10.5. The molecule has 392 valence electrons. The van der Waals surface area contributed by atoms with Crippen molar-refractivity contribution in [1.82, 2.24) is 41.8 Å². The van der Waals surface area contributed by atoms with Gasteiger partial charge in [0.1, 0.15) is 48.0 Å². The van der Waals surface area contributed by atoms with Gasteiger partial charge in [-0.3, -0.25) is 43.2 Å². The number of rotatable bonds is 27. The van der Waals surface area contributed by atoms with Crippen molar-refractivity contribution < 1.29 is 74.1 Å². The Morgan fingerprint density at radius 1 is 0.694 bits per heavy atom. The summed E-state index contributed by atoms with van der Waals surface area (Å²) in [5, 5.41) is 54.9. The van der Waals surface area contributed by atoms with Crippen LogP contribution in [0.15, 0.2) is 54.7 Å². The van der Waals surface area contributed by atoms with E-state index < -0.39 is 127 Å². The highest BCUT2D eigenvalue weighted by Crippen LogP contribution is 2.23. The number of phenolic OH excluding ortho intramolecular Hbond substituents is 1. The first-order chi connectivity index (χ1) is 34.0. The largest absolute Gasteiger partial charge is 0.508 e. The number of carboxylic acids is 2. The number of primary amides is 1. The molecule has 4 rings (SSSR count). The number of fused-ring (bicyclic) bond motifs is 1.